The van der Waals surface area contributed by atoms with Crippen LogP contribution in [0.1, 0.15) is 30.9 Å². The summed E-state index contributed by atoms with van der Waals surface area (Å²) in [4.78, 5) is 22.2. The van der Waals surface area contributed by atoms with Crippen LogP contribution >= 0.6 is 0 Å². The standard InChI is InChI=1S/C14H17N3O3/c1-2-15-14(19)20-9-10-3-5-11(6-4-10)12-7-8-13(18)17-16-12/h3-6H,2,7-9H2,1H3,(H,15,19)(H,17,18). The van der Waals surface area contributed by atoms with Gasteiger partial charge in [0.25, 0.3) is 0 Å². The molecule has 6 nitrogen and oxygen atoms in total. The number of rotatable bonds is 4. The van der Waals surface area contributed by atoms with Gasteiger partial charge in [-0.3, -0.25) is 4.79 Å². The molecular formula is C14H17N3O3. The maximum Gasteiger partial charge on any atom is 0.407 e. The summed E-state index contributed by atoms with van der Waals surface area (Å²) in [6.45, 7) is 2.61. The van der Waals surface area contributed by atoms with Crippen molar-refractivity contribution in [3.8, 4) is 0 Å². The van der Waals surface area contributed by atoms with E-state index in [2.05, 4.69) is 15.8 Å². The quantitative estimate of drug-likeness (QED) is 0.874. The van der Waals surface area contributed by atoms with Crippen molar-refractivity contribution in [2.24, 2.45) is 5.10 Å². The molecule has 0 aromatic heterocycles. The minimum Gasteiger partial charge on any atom is -0.445 e. The van der Waals surface area contributed by atoms with Gasteiger partial charge >= 0.3 is 6.09 Å². The monoisotopic (exact) mass is 275 g/mol. The fraction of sp³-hybridized carbons (Fsp3) is 0.357. The molecule has 0 spiro atoms. The van der Waals surface area contributed by atoms with E-state index < -0.39 is 6.09 Å². The minimum atomic E-state index is -0.420. The number of benzene rings is 1. The Balaban J connectivity index is 1.93. The predicted molar refractivity (Wildman–Crippen MR) is 74.2 cm³/mol. The third kappa shape index (κ3) is 3.81. The van der Waals surface area contributed by atoms with Crippen LogP contribution in [-0.4, -0.2) is 24.3 Å². The number of amides is 2. The van der Waals surface area contributed by atoms with Crippen molar-refractivity contribution >= 4 is 17.7 Å². The third-order valence-electron chi connectivity index (χ3n) is 2.88. The second kappa shape index (κ2) is 6.70. The van der Waals surface area contributed by atoms with Crippen molar-refractivity contribution in [2.45, 2.75) is 26.4 Å². The lowest BCUT2D eigenvalue weighted by Crippen LogP contribution is -2.25. The summed E-state index contributed by atoms with van der Waals surface area (Å²) in [5.41, 5.74) is 5.20. The van der Waals surface area contributed by atoms with E-state index in [1.165, 1.54) is 0 Å². The molecule has 2 amide bonds. The molecule has 20 heavy (non-hydrogen) atoms. The Morgan fingerprint density at radius 3 is 2.70 bits per heavy atom. The molecule has 1 heterocycles. The lowest BCUT2D eigenvalue weighted by atomic mass is 10.0. The van der Waals surface area contributed by atoms with Gasteiger partial charge in [-0.25, -0.2) is 10.2 Å². The Hall–Kier alpha value is -2.37. The van der Waals surface area contributed by atoms with Gasteiger partial charge in [0.15, 0.2) is 0 Å². The summed E-state index contributed by atoms with van der Waals surface area (Å²) >= 11 is 0. The number of ether oxygens (including phenoxy) is 1. The van der Waals surface area contributed by atoms with Crippen LogP contribution in [0.5, 0.6) is 0 Å². The molecule has 2 rings (SSSR count). The van der Waals surface area contributed by atoms with E-state index in [0.29, 0.717) is 19.4 Å². The molecule has 2 N–H and O–H groups in total. The zero-order valence-electron chi connectivity index (χ0n) is 11.3. The van der Waals surface area contributed by atoms with Crippen molar-refractivity contribution in [3.05, 3.63) is 35.4 Å². The van der Waals surface area contributed by atoms with Crippen molar-refractivity contribution in [3.63, 3.8) is 0 Å². The van der Waals surface area contributed by atoms with Crippen LogP contribution in [0, 0.1) is 0 Å². The summed E-state index contributed by atoms with van der Waals surface area (Å²) in [5, 5.41) is 6.59. The zero-order chi connectivity index (χ0) is 14.4. The second-order valence-electron chi connectivity index (χ2n) is 4.40. The molecule has 0 fully saturated rings. The van der Waals surface area contributed by atoms with E-state index in [9.17, 15) is 9.59 Å². The number of carbonyl (C=O) groups excluding carboxylic acids is 2. The van der Waals surface area contributed by atoms with E-state index in [4.69, 9.17) is 4.74 Å². The first-order chi connectivity index (χ1) is 9.69. The molecule has 0 saturated heterocycles. The van der Waals surface area contributed by atoms with E-state index in [1.54, 1.807) is 0 Å². The average molecular weight is 275 g/mol. The summed E-state index contributed by atoms with van der Waals surface area (Å²) in [6.07, 6.45) is 0.678. The number of carbonyl (C=O) groups is 2. The maximum absolute atomic E-state index is 11.2. The number of nitrogens with one attached hydrogen (secondary N) is 2. The molecular weight excluding hydrogens is 258 g/mol. The summed E-state index contributed by atoms with van der Waals surface area (Å²) in [7, 11) is 0. The highest BCUT2D eigenvalue weighted by atomic mass is 16.5. The van der Waals surface area contributed by atoms with Crippen LogP contribution in [0.4, 0.5) is 4.79 Å². The van der Waals surface area contributed by atoms with Crippen LogP contribution in [-0.2, 0) is 16.1 Å². The fourth-order valence-corrected chi connectivity index (χ4v) is 1.82. The Kier molecular flexibility index (Phi) is 4.70. The van der Waals surface area contributed by atoms with Gasteiger partial charge in [0.2, 0.25) is 5.91 Å². The van der Waals surface area contributed by atoms with E-state index >= 15 is 0 Å². The molecule has 1 aromatic carbocycles. The highest BCUT2D eigenvalue weighted by molar-refractivity contribution is 6.04. The molecule has 0 radical (unpaired) electrons. The molecule has 106 valence electrons. The number of hydrogen-bond donors (Lipinski definition) is 2. The molecule has 1 aliphatic rings. The summed E-state index contributed by atoms with van der Waals surface area (Å²) in [6, 6.07) is 7.58. The van der Waals surface area contributed by atoms with Gasteiger partial charge in [-0.1, -0.05) is 24.3 Å². The molecule has 1 aromatic rings. The van der Waals surface area contributed by atoms with Crippen LogP contribution in [0.25, 0.3) is 0 Å². The Labute approximate surface area is 117 Å². The van der Waals surface area contributed by atoms with E-state index in [1.807, 2.05) is 31.2 Å². The lowest BCUT2D eigenvalue weighted by molar-refractivity contribution is -0.121. The largest absolute Gasteiger partial charge is 0.445 e. The first-order valence-corrected chi connectivity index (χ1v) is 6.54. The fourth-order valence-electron chi connectivity index (χ4n) is 1.82. The Morgan fingerprint density at radius 1 is 1.35 bits per heavy atom. The maximum atomic E-state index is 11.2. The SMILES string of the molecule is CCNC(=O)OCc1ccc(C2=NNC(=O)CC2)cc1. The van der Waals surface area contributed by atoms with E-state index in [0.717, 1.165) is 16.8 Å². The first-order valence-electron chi connectivity index (χ1n) is 6.54. The van der Waals surface area contributed by atoms with Gasteiger partial charge in [0.05, 0.1) is 5.71 Å². The Morgan fingerprint density at radius 2 is 2.10 bits per heavy atom. The molecule has 0 atom stereocenters. The van der Waals surface area contributed by atoms with Crippen LogP contribution in [0.15, 0.2) is 29.4 Å². The average Bonchev–Trinajstić information content (AvgIpc) is 2.47. The number of nitrogens with zero attached hydrogens (tertiary/aromatic N) is 1. The third-order valence-corrected chi connectivity index (χ3v) is 2.88. The van der Waals surface area contributed by atoms with Gasteiger partial charge in [0.1, 0.15) is 6.61 Å². The van der Waals surface area contributed by atoms with Gasteiger partial charge in [-0.05, 0) is 18.1 Å². The number of hydrogen-bond acceptors (Lipinski definition) is 4. The molecule has 0 saturated carbocycles. The smallest absolute Gasteiger partial charge is 0.407 e. The zero-order valence-corrected chi connectivity index (χ0v) is 11.3. The highest BCUT2D eigenvalue weighted by Gasteiger charge is 2.13. The molecule has 1 aliphatic heterocycles. The van der Waals surface area contributed by atoms with Gasteiger partial charge in [-0.15, -0.1) is 0 Å². The minimum absolute atomic E-state index is 0.0549. The van der Waals surface area contributed by atoms with Crippen molar-refractivity contribution in [1.29, 1.82) is 0 Å². The molecule has 6 heteroatoms. The van der Waals surface area contributed by atoms with Crippen molar-refractivity contribution in [1.82, 2.24) is 10.7 Å². The van der Waals surface area contributed by atoms with E-state index in [-0.39, 0.29) is 12.5 Å². The molecule has 0 unspecified atom stereocenters. The summed E-state index contributed by atoms with van der Waals surface area (Å²) < 4.78 is 5.03. The van der Waals surface area contributed by atoms with Crippen LogP contribution < -0.4 is 10.7 Å². The number of alkyl carbamates (subject to hydrolysis) is 1. The molecule has 0 bridgehead atoms. The van der Waals surface area contributed by atoms with Crippen molar-refractivity contribution in [2.75, 3.05) is 6.54 Å². The van der Waals surface area contributed by atoms with Gasteiger partial charge in [-0.2, -0.15) is 5.10 Å². The Bertz CT molecular complexity index is 523. The van der Waals surface area contributed by atoms with Crippen molar-refractivity contribution < 1.29 is 14.3 Å². The first kappa shape index (κ1) is 14.0. The van der Waals surface area contributed by atoms with Crippen LogP contribution in [0.3, 0.4) is 0 Å². The van der Waals surface area contributed by atoms with Gasteiger partial charge < -0.3 is 10.1 Å². The lowest BCUT2D eigenvalue weighted by Gasteiger charge is -2.12. The second-order valence-corrected chi connectivity index (χ2v) is 4.40. The predicted octanol–water partition coefficient (Wildman–Crippen LogP) is 1.55. The topological polar surface area (TPSA) is 79.8 Å². The normalized spacial score (nSPS) is 14.2. The summed E-state index contributed by atoms with van der Waals surface area (Å²) in [5.74, 6) is -0.0549. The van der Waals surface area contributed by atoms with Gasteiger partial charge in [0, 0.05) is 19.4 Å². The number of hydrazone groups is 1. The highest BCUT2D eigenvalue weighted by Crippen LogP contribution is 2.12. The van der Waals surface area contributed by atoms with Crippen LogP contribution in [0.2, 0.25) is 0 Å². The molecule has 0 aliphatic carbocycles.